The van der Waals surface area contributed by atoms with Crippen LogP contribution in [0.2, 0.25) is 0 Å². The molecule has 1 aromatic heterocycles. The molecule has 2 amide bonds. The minimum Gasteiger partial charge on any atom is -0.336 e. The molecule has 1 heterocycles. The molecule has 0 aliphatic carbocycles. The van der Waals surface area contributed by atoms with E-state index < -0.39 is 21.1 Å². The molecular formula is C22H23N3O3S. The third-order valence-electron chi connectivity index (χ3n) is 4.72. The lowest BCUT2D eigenvalue weighted by Crippen LogP contribution is -2.35. The van der Waals surface area contributed by atoms with Crippen LogP contribution in [-0.4, -0.2) is 26.0 Å². The van der Waals surface area contributed by atoms with E-state index in [9.17, 15) is 13.2 Å². The Balaban J connectivity index is 1.85. The smallest absolute Gasteiger partial charge is 0.319 e. The number of hydrogen-bond acceptors (Lipinski definition) is 4. The summed E-state index contributed by atoms with van der Waals surface area (Å²) in [6.45, 7) is 3.72. The van der Waals surface area contributed by atoms with Crippen molar-refractivity contribution in [3.8, 4) is 0 Å². The fraction of sp³-hybridized carbons (Fsp3) is 0.182. The summed E-state index contributed by atoms with van der Waals surface area (Å²) in [6, 6.07) is 16.9. The Hall–Kier alpha value is -3.19. The number of hydrogen-bond donors (Lipinski definition) is 2. The second-order valence-corrected chi connectivity index (χ2v) is 8.90. The van der Waals surface area contributed by atoms with E-state index in [1.165, 1.54) is 6.20 Å². The number of pyridine rings is 1. The Morgan fingerprint density at radius 2 is 1.76 bits per heavy atom. The second-order valence-electron chi connectivity index (χ2n) is 6.77. The van der Waals surface area contributed by atoms with Gasteiger partial charge < -0.3 is 10.6 Å². The van der Waals surface area contributed by atoms with Crippen LogP contribution in [0.25, 0.3) is 0 Å². The molecule has 0 fully saturated rings. The zero-order valence-corrected chi connectivity index (χ0v) is 17.1. The first-order valence-electron chi connectivity index (χ1n) is 9.19. The van der Waals surface area contributed by atoms with E-state index in [1.807, 2.05) is 19.9 Å². The van der Waals surface area contributed by atoms with E-state index >= 15 is 0 Å². The third-order valence-corrected chi connectivity index (χ3v) is 6.82. The monoisotopic (exact) mass is 409 g/mol. The van der Waals surface area contributed by atoms with Crippen LogP contribution in [0.15, 0.2) is 78.0 Å². The lowest BCUT2D eigenvalue weighted by atomic mass is 10.1. The molecule has 2 aromatic carbocycles. The van der Waals surface area contributed by atoms with E-state index in [0.717, 1.165) is 11.1 Å². The molecule has 29 heavy (non-hydrogen) atoms. The maximum atomic E-state index is 13.4. The zero-order chi connectivity index (χ0) is 20.9. The fourth-order valence-corrected chi connectivity index (χ4v) is 4.64. The lowest BCUT2D eigenvalue weighted by molar-refractivity contribution is 0.252. The molecule has 0 bridgehead atoms. The number of nitrogens with zero attached hydrogens (tertiary/aromatic N) is 1. The van der Waals surface area contributed by atoms with Crippen LogP contribution in [0.3, 0.4) is 0 Å². The first kappa shape index (κ1) is 20.5. The van der Waals surface area contributed by atoms with Crippen molar-refractivity contribution < 1.29 is 13.2 Å². The van der Waals surface area contributed by atoms with Crippen molar-refractivity contribution in [3.05, 3.63) is 89.7 Å². The first-order chi connectivity index (χ1) is 13.9. The number of amides is 2. The van der Waals surface area contributed by atoms with Gasteiger partial charge in [0.05, 0.1) is 4.90 Å². The van der Waals surface area contributed by atoms with Crippen LogP contribution >= 0.6 is 0 Å². The van der Waals surface area contributed by atoms with Gasteiger partial charge >= 0.3 is 6.03 Å². The van der Waals surface area contributed by atoms with Crippen molar-refractivity contribution in [3.63, 3.8) is 0 Å². The minimum atomic E-state index is -3.74. The molecule has 3 aromatic rings. The van der Waals surface area contributed by atoms with E-state index in [2.05, 4.69) is 15.6 Å². The first-order valence-corrected chi connectivity index (χ1v) is 10.7. The third kappa shape index (κ3) is 5.00. The highest BCUT2D eigenvalue weighted by molar-refractivity contribution is 7.91. The van der Waals surface area contributed by atoms with Crippen molar-refractivity contribution in [2.24, 2.45) is 0 Å². The number of aromatic nitrogens is 1. The predicted molar refractivity (Wildman–Crippen MR) is 114 cm³/mol. The summed E-state index contributed by atoms with van der Waals surface area (Å²) in [5.74, 6) is 0. The number of carbonyl (C=O) groups is 1. The molecule has 2 N–H and O–H groups in total. The minimum absolute atomic E-state index is 0.0837. The van der Waals surface area contributed by atoms with Crippen molar-refractivity contribution in [1.29, 1.82) is 0 Å². The summed E-state index contributed by atoms with van der Waals surface area (Å²) in [4.78, 5) is 16.5. The van der Waals surface area contributed by atoms with Crippen LogP contribution in [-0.2, 0) is 9.84 Å². The molecule has 6 nitrogen and oxygen atoms in total. The summed E-state index contributed by atoms with van der Waals surface area (Å²) < 4.78 is 26.7. The molecule has 0 aliphatic heterocycles. The molecule has 150 valence electrons. The summed E-state index contributed by atoms with van der Waals surface area (Å²) in [5, 5.41) is 4.41. The number of aryl methyl sites for hydroxylation is 2. The van der Waals surface area contributed by atoms with E-state index in [0.29, 0.717) is 11.3 Å². The Labute approximate surface area is 170 Å². The molecule has 0 radical (unpaired) electrons. The number of urea groups is 1. The average molecular weight is 410 g/mol. The lowest BCUT2D eigenvalue weighted by Gasteiger charge is -2.19. The highest BCUT2D eigenvalue weighted by atomic mass is 32.2. The molecule has 0 unspecified atom stereocenters. The van der Waals surface area contributed by atoms with Crippen LogP contribution < -0.4 is 10.6 Å². The Bertz CT molecular complexity index is 1080. The normalized spacial score (nSPS) is 12.2. The van der Waals surface area contributed by atoms with Gasteiger partial charge in [-0.05, 0) is 60.9 Å². The van der Waals surface area contributed by atoms with Gasteiger partial charge in [-0.2, -0.15) is 0 Å². The van der Waals surface area contributed by atoms with Crippen molar-refractivity contribution >= 4 is 21.6 Å². The highest BCUT2D eigenvalue weighted by Crippen LogP contribution is 2.29. The van der Waals surface area contributed by atoms with Crippen LogP contribution in [0.5, 0.6) is 0 Å². The fourth-order valence-electron chi connectivity index (χ4n) is 2.91. The summed E-state index contributed by atoms with van der Waals surface area (Å²) in [7, 11) is -3.74. The van der Waals surface area contributed by atoms with E-state index in [-0.39, 0.29) is 11.4 Å². The number of rotatable bonds is 6. The average Bonchev–Trinajstić information content (AvgIpc) is 2.71. The van der Waals surface area contributed by atoms with Gasteiger partial charge in [0.25, 0.3) is 0 Å². The Morgan fingerprint density at radius 3 is 2.41 bits per heavy atom. The van der Waals surface area contributed by atoms with Crippen molar-refractivity contribution in [2.45, 2.75) is 24.0 Å². The van der Waals surface area contributed by atoms with Crippen LogP contribution in [0.1, 0.15) is 21.9 Å². The van der Waals surface area contributed by atoms with E-state index in [1.54, 1.807) is 60.8 Å². The number of sulfone groups is 1. The standard InChI is InChI=1S/C22H23N3O3S/c1-16-10-11-20(13-17(16)2)29(27,28)21(18-7-6-12-23-14-18)15-24-22(26)25-19-8-4-3-5-9-19/h3-14,21H,15H2,1-2H3,(H2,24,25,26)/t21-/m0/s1. The number of nitrogens with one attached hydrogen (secondary N) is 2. The molecule has 0 saturated heterocycles. The molecule has 3 rings (SSSR count). The maximum Gasteiger partial charge on any atom is 0.319 e. The molecule has 7 heteroatoms. The number of carbonyl (C=O) groups excluding carboxylic acids is 1. The van der Waals surface area contributed by atoms with Crippen molar-refractivity contribution in [1.82, 2.24) is 10.3 Å². The van der Waals surface area contributed by atoms with Gasteiger partial charge in [0.1, 0.15) is 5.25 Å². The number of anilines is 1. The Morgan fingerprint density at radius 1 is 1.00 bits per heavy atom. The predicted octanol–water partition coefficient (Wildman–Crippen LogP) is 4.04. The summed E-state index contributed by atoms with van der Waals surface area (Å²) >= 11 is 0. The van der Waals surface area contributed by atoms with Gasteiger partial charge in [-0.15, -0.1) is 0 Å². The largest absolute Gasteiger partial charge is 0.336 e. The second kappa shape index (κ2) is 8.87. The van der Waals surface area contributed by atoms with Gasteiger partial charge in [-0.3, -0.25) is 4.98 Å². The summed E-state index contributed by atoms with van der Waals surface area (Å²) in [5.41, 5.74) is 3.05. The van der Waals surface area contributed by atoms with Gasteiger partial charge in [-0.1, -0.05) is 30.3 Å². The highest BCUT2D eigenvalue weighted by Gasteiger charge is 2.30. The van der Waals surface area contributed by atoms with Crippen molar-refractivity contribution in [2.75, 3.05) is 11.9 Å². The van der Waals surface area contributed by atoms with Gasteiger partial charge in [0.15, 0.2) is 9.84 Å². The topological polar surface area (TPSA) is 88.2 Å². The molecule has 1 atom stereocenters. The van der Waals surface area contributed by atoms with Crippen LogP contribution in [0.4, 0.5) is 10.5 Å². The SMILES string of the molecule is Cc1ccc(S(=O)(=O)[C@@H](CNC(=O)Nc2ccccc2)c2cccnc2)cc1C. The van der Waals surface area contributed by atoms with Gasteiger partial charge in [0.2, 0.25) is 0 Å². The summed E-state index contributed by atoms with van der Waals surface area (Å²) in [6.07, 6.45) is 3.10. The van der Waals surface area contributed by atoms with Gasteiger partial charge in [0, 0.05) is 24.6 Å². The van der Waals surface area contributed by atoms with Crippen LogP contribution in [0, 0.1) is 13.8 Å². The molecular weight excluding hydrogens is 386 g/mol. The Kier molecular flexibility index (Phi) is 6.29. The number of para-hydroxylation sites is 1. The molecule has 0 saturated carbocycles. The van der Waals surface area contributed by atoms with E-state index in [4.69, 9.17) is 0 Å². The molecule has 0 spiro atoms. The number of benzene rings is 2. The molecule has 0 aliphatic rings. The van der Waals surface area contributed by atoms with Gasteiger partial charge in [-0.25, -0.2) is 13.2 Å². The quantitative estimate of drug-likeness (QED) is 0.643. The zero-order valence-electron chi connectivity index (χ0n) is 16.3. The maximum absolute atomic E-state index is 13.4.